The summed E-state index contributed by atoms with van der Waals surface area (Å²) in [5, 5.41) is 3.33. The van der Waals surface area contributed by atoms with Gasteiger partial charge in [0, 0.05) is 7.11 Å². The quantitative estimate of drug-likeness (QED) is 0.916. The van der Waals surface area contributed by atoms with Gasteiger partial charge in [-0.25, -0.2) is 0 Å². The highest BCUT2D eigenvalue weighted by atomic mass is 16.5. The maximum atomic E-state index is 12.3. The summed E-state index contributed by atoms with van der Waals surface area (Å²) in [5.41, 5.74) is 2.39. The van der Waals surface area contributed by atoms with Crippen LogP contribution in [0, 0.1) is 6.92 Å². The van der Waals surface area contributed by atoms with Gasteiger partial charge in [0.25, 0.3) is 0 Å². The van der Waals surface area contributed by atoms with Crippen LogP contribution in [-0.4, -0.2) is 36.6 Å². The van der Waals surface area contributed by atoms with Gasteiger partial charge in [0.05, 0.1) is 18.7 Å². The number of benzene rings is 1. The number of carbonyl (C=O) groups excluding carboxylic acids is 1. The lowest BCUT2D eigenvalue weighted by atomic mass is 10.1. The van der Waals surface area contributed by atoms with Crippen molar-refractivity contribution in [2.24, 2.45) is 0 Å². The lowest BCUT2D eigenvalue weighted by Crippen LogP contribution is -2.44. The normalized spacial score (nSPS) is 30.2. The minimum atomic E-state index is -0.0103. The number of ether oxygens (including phenoxy) is 1. The molecule has 1 aliphatic heterocycles. The zero-order valence-corrected chi connectivity index (χ0v) is 12.1. The molecule has 0 bridgehead atoms. The molecule has 3 rings (SSSR count). The number of aryl methyl sites for hydroxylation is 1. The molecule has 0 spiro atoms. The number of methoxy groups -OCH3 is 1. The van der Waals surface area contributed by atoms with Gasteiger partial charge < -0.3 is 9.64 Å². The van der Waals surface area contributed by atoms with Crippen LogP contribution in [0.1, 0.15) is 36.6 Å². The molecule has 2 fully saturated rings. The van der Waals surface area contributed by atoms with E-state index >= 15 is 0 Å². The molecule has 1 aliphatic carbocycles. The Bertz CT molecular complexity index is 486. The Kier molecular flexibility index (Phi) is 3.76. The van der Waals surface area contributed by atoms with Crippen molar-refractivity contribution in [1.82, 2.24) is 10.2 Å². The molecular weight excluding hydrogens is 252 g/mol. The van der Waals surface area contributed by atoms with Gasteiger partial charge in [0.2, 0.25) is 5.91 Å². The first-order valence-electron chi connectivity index (χ1n) is 7.34. The molecule has 1 saturated carbocycles. The zero-order chi connectivity index (χ0) is 14.1. The topological polar surface area (TPSA) is 41.6 Å². The molecule has 108 valence electrons. The van der Waals surface area contributed by atoms with Crippen molar-refractivity contribution < 1.29 is 9.53 Å². The molecule has 1 N–H and O–H groups in total. The highest BCUT2D eigenvalue weighted by molar-refractivity contribution is 5.81. The fraction of sp³-hybridized carbons (Fsp3) is 0.562. The fourth-order valence-electron chi connectivity index (χ4n) is 3.42. The first-order valence-corrected chi connectivity index (χ1v) is 7.34. The molecule has 0 radical (unpaired) electrons. The lowest BCUT2D eigenvalue weighted by molar-refractivity contribution is -0.132. The van der Waals surface area contributed by atoms with Gasteiger partial charge in [-0.1, -0.05) is 29.8 Å². The third kappa shape index (κ3) is 2.34. The third-order valence-electron chi connectivity index (χ3n) is 4.48. The molecule has 4 heteroatoms. The summed E-state index contributed by atoms with van der Waals surface area (Å²) in [6.45, 7) is 2.50. The highest BCUT2D eigenvalue weighted by Crippen LogP contribution is 2.34. The molecule has 20 heavy (non-hydrogen) atoms. The predicted molar refractivity (Wildman–Crippen MR) is 77.2 cm³/mol. The van der Waals surface area contributed by atoms with Crippen LogP contribution in [0.2, 0.25) is 0 Å². The number of nitrogens with one attached hydrogen (secondary N) is 1. The smallest absolute Gasteiger partial charge is 0.238 e. The van der Waals surface area contributed by atoms with Crippen LogP contribution in [0.5, 0.6) is 0 Å². The molecule has 1 aromatic carbocycles. The number of nitrogens with zero attached hydrogens (tertiary/aromatic N) is 1. The molecule has 1 amide bonds. The monoisotopic (exact) mass is 274 g/mol. The van der Waals surface area contributed by atoms with E-state index in [1.165, 1.54) is 5.56 Å². The van der Waals surface area contributed by atoms with Crippen LogP contribution >= 0.6 is 0 Å². The number of hydrogen-bond acceptors (Lipinski definition) is 3. The Morgan fingerprint density at radius 2 is 2.00 bits per heavy atom. The Balaban J connectivity index is 1.86. The summed E-state index contributed by atoms with van der Waals surface area (Å²) in [7, 11) is 1.75. The second-order valence-corrected chi connectivity index (χ2v) is 5.77. The van der Waals surface area contributed by atoms with Crippen molar-refractivity contribution in [3.63, 3.8) is 0 Å². The van der Waals surface area contributed by atoms with E-state index in [0.717, 1.165) is 24.8 Å². The molecule has 1 aromatic rings. The van der Waals surface area contributed by atoms with Crippen LogP contribution in [-0.2, 0) is 9.53 Å². The van der Waals surface area contributed by atoms with Crippen molar-refractivity contribution in [2.75, 3.05) is 13.7 Å². The van der Waals surface area contributed by atoms with Gasteiger partial charge >= 0.3 is 0 Å². The van der Waals surface area contributed by atoms with Gasteiger partial charge in [0.1, 0.15) is 6.17 Å². The molecule has 0 aromatic heterocycles. The molecular formula is C16H22N2O2. The van der Waals surface area contributed by atoms with Crippen LogP contribution in [0.3, 0.4) is 0 Å². The number of carbonyl (C=O) groups is 1. The maximum Gasteiger partial charge on any atom is 0.238 e. The van der Waals surface area contributed by atoms with E-state index in [4.69, 9.17) is 4.74 Å². The van der Waals surface area contributed by atoms with Crippen molar-refractivity contribution in [3.05, 3.63) is 35.4 Å². The summed E-state index contributed by atoms with van der Waals surface area (Å²) in [6.07, 6.45) is 3.38. The summed E-state index contributed by atoms with van der Waals surface area (Å²) in [5.74, 6) is 0.185. The molecule has 2 aliphatic rings. The fourth-order valence-corrected chi connectivity index (χ4v) is 3.42. The molecule has 1 heterocycles. The summed E-state index contributed by atoms with van der Waals surface area (Å²) in [4.78, 5) is 14.3. The van der Waals surface area contributed by atoms with Crippen molar-refractivity contribution in [2.45, 2.75) is 44.5 Å². The minimum absolute atomic E-state index is 0.0103. The minimum Gasteiger partial charge on any atom is -0.379 e. The third-order valence-corrected chi connectivity index (χ3v) is 4.48. The Hall–Kier alpha value is -1.39. The molecule has 4 nitrogen and oxygen atoms in total. The van der Waals surface area contributed by atoms with Gasteiger partial charge in [-0.3, -0.25) is 10.1 Å². The predicted octanol–water partition coefficient (Wildman–Crippen LogP) is 1.99. The number of amides is 1. The summed E-state index contributed by atoms with van der Waals surface area (Å²) >= 11 is 0. The summed E-state index contributed by atoms with van der Waals surface area (Å²) in [6, 6.07) is 8.61. The van der Waals surface area contributed by atoms with E-state index in [1.54, 1.807) is 7.11 Å². The van der Waals surface area contributed by atoms with Gasteiger partial charge in [-0.15, -0.1) is 0 Å². The maximum absolute atomic E-state index is 12.3. The number of rotatable bonds is 3. The Labute approximate surface area is 120 Å². The van der Waals surface area contributed by atoms with E-state index in [9.17, 15) is 4.79 Å². The standard InChI is InChI=1S/C16H22N2O2/c1-11-6-8-12(9-7-11)16-17-10-15(19)18(16)13-4-3-5-14(13)20-2/h6-9,13-14,16-17H,3-5,10H2,1-2H3. The van der Waals surface area contributed by atoms with Gasteiger partial charge in [-0.2, -0.15) is 0 Å². The van der Waals surface area contributed by atoms with Gasteiger partial charge in [-0.05, 0) is 31.7 Å². The van der Waals surface area contributed by atoms with Crippen molar-refractivity contribution in [3.8, 4) is 0 Å². The largest absolute Gasteiger partial charge is 0.379 e. The zero-order valence-electron chi connectivity index (χ0n) is 12.1. The highest BCUT2D eigenvalue weighted by Gasteiger charge is 2.42. The molecule has 3 atom stereocenters. The number of hydrogen-bond donors (Lipinski definition) is 1. The average molecular weight is 274 g/mol. The van der Waals surface area contributed by atoms with Crippen LogP contribution in [0.15, 0.2) is 24.3 Å². The van der Waals surface area contributed by atoms with Crippen molar-refractivity contribution >= 4 is 5.91 Å². The molecule has 3 unspecified atom stereocenters. The first-order chi connectivity index (χ1) is 9.70. The van der Waals surface area contributed by atoms with Crippen LogP contribution < -0.4 is 5.32 Å². The second-order valence-electron chi connectivity index (χ2n) is 5.77. The first kappa shape index (κ1) is 13.6. The van der Waals surface area contributed by atoms with E-state index in [-0.39, 0.29) is 24.2 Å². The van der Waals surface area contributed by atoms with Gasteiger partial charge in [0.15, 0.2) is 0 Å². The van der Waals surface area contributed by atoms with E-state index in [1.807, 2.05) is 4.90 Å². The average Bonchev–Trinajstić information content (AvgIpc) is 3.05. The van der Waals surface area contributed by atoms with E-state index in [0.29, 0.717) is 6.54 Å². The van der Waals surface area contributed by atoms with E-state index in [2.05, 4.69) is 36.5 Å². The molecule has 1 saturated heterocycles. The Morgan fingerprint density at radius 3 is 2.70 bits per heavy atom. The lowest BCUT2D eigenvalue weighted by Gasteiger charge is -2.33. The van der Waals surface area contributed by atoms with Crippen LogP contribution in [0.4, 0.5) is 0 Å². The second kappa shape index (κ2) is 5.54. The van der Waals surface area contributed by atoms with Crippen molar-refractivity contribution in [1.29, 1.82) is 0 Å². The van der Waals surface area contributed by atoms with Crippen LogP contribution in [0.25, 0.3) is 0 Å². The SMILES string of the molecule is COC1CCCC1N1C(=O)CNC1c1ccc(C)cc1. The summed E-state index contributed by atoms with van der Waals surface area (Å²) < 4.78 is 5.57. The Morgan fingerprint density at radius 1 is 1.25 bits per heavy atom. The van der Waals surface area contributed by atoms with E-state index < -0.39 is 0 Å².